The molecule has 0 unspecified atom stereocenters. The van der Waals surface area contributed by atoms with Crippen LogP contribution in [-0.2, 0) is 6.54 Å². The quantitative estimate of drug-likeness (QED) is 0.228. The van der Waals surface area contributed by atoms with Crippen molar-refractivity contribution in [2.75, 3.05) is 10.2 Å². The highest BCUT2D eigenvalue weighted by Gasteiger charge is 2.27. The molecule has 2 nitrogen and oxygen atoms in total. The fourth-order valence-corrected chi connectivity index (χ4v) is 5.18. The molecule has 1 aliphatic heterocycles. The van der Waals surface area contributed by atoms with Gasteiger partial charge in [0.15, 0.2) is 0 Å². The molecule has 0 bridgehead atoms. The van der Waals surface area contributed by atoms with Gasteiger partial charge in [0.05, 0.1) is 17.5 Å². The molecule has 0 amide bonds. The Bertz CT molecular complexity index is 742. The molecule has 2 aromatic rings. The Kier molecular flexibility index (Phi) is 12.3. The lowest BCUT2D eigenvalue weighted by Crippen LogP contribution is -2.35. The van der Waals surface area contributed by atoms with E-state index in [0.29, 0.717) is 6.17 Å². The van der Waals surface area contributed by atoms with Crippen molar-refractivity contribution in [3.63, 3.8) is 0 Å². The Hall–Kier alpha value is -1.96. The van der Waals surface area contributed by atoms with Crippen molar-refractivity contribution in [1.29, 1.82) is 0 Å². The standard InChI is InChI=1S/C31H48N2/c1-2-3-4-5-6-7-8-9-10-11-12-13-14-15-19-26-31-32-29-24-20-21-25-30(29)33(31)27-28-22-17-16-18-23-28/h16-18,20-25,31-32H,2-15,19,26-27H2,1H3/t31-/m0/s1. The normalized spacial score (nSPS) is 14.9. The summed E-state index contributed by atoms with van der Waals surface area (Å²) in [7, 11) is 0. The van der Waals surface area contributed by atoms with Crippen LogP contribution in [0.25, 0.3) is 0 Å². The lowest BCUT2D eigenvalue weighted by molar-refractivity contribution is 0.517. The van der Waals surface area contributed by atoms with Crippen molar-refractivity contribution in [1.82, 2.24) is 0 Å². The van der Waals surface area contributed by atoms with E-state index in [9.17, 15) is 0 Å². The minimum absolute atomic E-state index is 0.421. The van der Waals surface area contributed by atoms with E-state index in [1.165, 1.54) is 120 Å². The van der Waals surface area contributed by atoms with Gasteiger partial charge in [-0.2, -0.15) is 0 Å². The lowest BCUT2D eigenvalue weighted by atomic mass is 10.0. The van der Waals surface area contributed by atoms with Gasteiger partial charge in [-0.15, -0.1) is 0 Å². The van der Waals surface area contributed by atoms with Crippen molar-refractivity contribution in [3.8, 4) is 0 Å². The highest BCUT2D eigenvalue weighted by atomic mass is 15.3. The Morgan fingerprint density at radius 1 is 0.606 bits per heavy atom. The van der Waals surface area contributed by atoms with Crippen molar-refractivity contribution in [2.24, 2.45) is 0 Å². The zero-order valence-corrected chi connectivity index (χ0v) is 21.2. The number of para-hydroxylation sites is 2. The molecule has 1 N–H and O–H groups in total. The number of benzene rings is 2. The highest BCUT2D eigenvalue weighted by molar-refractivity contribution is 5.75. The van der Waals surface area contributed by atoms with Gasteiger partial charge in [0.1, 0.15) is 0 Å². The van der Waals surface area contributed by atoms with E-state index in [4.69, 9.17) is 0 Å². The number of rotatable bonds is 18. The predicted molar refractivity (Wildman–Crippen MR) is 146 cm³/mol. The highest BCUT2D eigenvalue weighted by Crippen LogP contribution is 2.37. The number of hydrogen-bond acceptors (Lipinski definition) is 2. The average Bonchev–Trinajstić information content (AvgIpc) is 3.19. The molecule has 1 atom stereocenters. The Balaban J connectivity index is 1.23. The van der Waals surface area contributed by atoms with E-state index in [2.05, 4.69) is 71.7 Å². The maximum absolute atomic E-state index is 3.78. The van der Waals surface area contributed by atoms with E-state index in [1.54, 1.807) is 0 Å². The maximum Gasteiger partial charge on any atom is 0.0994 e. The first-order valence-corrected chi connectivity index (χ1v) is 14.0. The number of unbranched alkanes of at least 4 members (excludes halogenated alkanes) is 14. The number of hydrogen-bond donors (Lipinski definition) is 1. The topological polar surface area (TPSA) is 15.3 Å². The molecule has 0 saturated heterocycles. The van der Waals surface area contributed by atoms with E-state index in [-0.39, 0.29) is 0 Å². The maximum atomic E-state index is 3.78. The Morgan fingerprint density at radius 3 is 1.73 bits per heavy atom. The molecule has 2 heteroatoms. The van der Waals surface area contributed by atoms with E-state index >= 15 is 0 Å². The molecular weight excluding hydrogens is 400 g/mol. The first-order valence-electron chi connectivity index (χ1n) is 14.0. The fourth-order valence-electron chi connectivity index (χ4n) is 5.18. The summed E-state index contributed by atoms with van der Waals surface area (Å²) in [5.41, 5.74) is 4.03. The van der Waals surface area contributed by atoms with Gasteiger partial charge in [0, 0.05) is 6.54 Å². The molecule has 0 saturated carbocycles. The summed E-state index contributed by atoms with van der Waals surface area (Å²) in [4.78, 5) is 2.56. The van der Waals surface area contributed by atoms with Gasteiger partial charge in [-0.25, -0.2) is 0 Å². The summed E-state index contributed by atoms with van der Waals surface area (Å²) in [6.07, 6.45) is 23.0. The van der Waals surface area contributed by atoms with Gasteiger partial charge in [0.25, 0.3) is 0 Å². The molecule has 1 heterocycles. The second kappa shape index (κ2) is 15.8. The third-order valence-electron chi connectivity index (χ3n) is 7.19. The van der Waals surface area contributed by atoms with Crippen LogP contribution in [0.15, 0.2) is 54.6 Å². The molecule has 0 spiro atoms. The molecule has 1 aliphatic rings. The van der Waals surface area contributed by atoms with Crippen LogP contribution < -0.4 is 10.2 Å². The van der Waals surface area contributed by atoms with Crippen molar-refractivity contribution < 1.29 is 0 Å². The van der Waals surface area contributed by atoms with Gasteiger partial charge < -0.3 is 10.2 Å². The minimum Gasteiger partial charge on any atom is -0.363 e. The Morgan fingerprint density at radius 2 is 1.12 bits per heavy atom. The average molecular weight is 449 g/mol. The van der Waals surface area contributed by atoms with Crippen molar-refractivity contribution >= 4 is 11.4 Å². The van der Waals surface area contributed by atoms with Gasteiger partial charge in [-0.05, 0) is 30.5 Å². The summed E-state index contributed by atoms with van der Waals surface area (Å²) < 4.78 is 0. The Labute approximate surface area is 204 Å². The largest absolute Gasteiger partial charge is 0.363 e. The van der Waals surface area contributed by atoms with E-state index in [1.807, 2.05) is 0 Å². The second-order valence-corrected chi connectivity index (χ2v) is 10.0. The molecule has 0 aliphatic carbocycles. The molecule has 2 aromatic carbocycles. The number of anilines is 2. The third kappa shape index (κ3) is 9.43. The first kappa shape index (κ1) is 25.7. The van der Waals surface area contributed by atoms with Crippen LogP contribution >= 0.6 is 0 Å². The monoisotopic (exact) mass is 448 g/mol. The minimum atomic E-state index is 0.421. The molecule has 0 aromatic heterocycles. The summed E-state index contributed by atoms with van der Waals surface area (Å²) in [5, 5.41) is 3.78. The predicted octanol–water partition coefficient (Wildman–Crippen LogP) is 9.71. The summed E-state index contributed by atoms with van der Waals surface area (Å²) in [6, 6.07) is 19.7. The summed E-state index contributed by atoms with van der Waals surface area (Å²) >= 11 is 0. The fraction of sp³-hybridized carbons (Fsp3) is 0.613. The summed E-state index contributed by atoms with van der Waals surface area (Å²) in [5.74, 6) is 0. The lowest BCUT2D eigenvalue weighted by Gasteiger charge is -2.27. The van der Waals surface area contributed by atoms with Gasteiger partial charge in [0.2, 0.25) is 0 Å². The zero-order valence-electron chi connectivity index (χ0n) is 21.2. The first-order chi connectivity index (χ1) is 16.4. The van der Waals surface area contributed by atoms with Crippen LogP contribution in [0.4, 0.5) is 11.4 Å². The molecule has 0 fully saturated rings. The third-order valence-corrected chi connectivity index (χ3v) is 7.19. The molecule has 33 heavy (non-hydrogen) atoms. The van der Waals surface area contributed by atoms with Crippen molar-refractivity contribution in [3.05, 3.63) is 60.2 Å². The van der Waals surface area contributed by atoms with Crippen LogP contribution in [0.3, 0.4) is 0 Å². The number of fused-ring (bicyclic) bond motifs is 1. The van der Waals surface area contributed by atoms with Crippen LogP contribution in [-0.4, -0.2) is 6.17 Å². The van der Waals surface area contributed by atoms with Gasteiger partial charge >= 0.3 is 0 Å². The SMILES string of the molecule is CCCCCCCCCCCCCCCCC[C@H]1Nc2ccccc2N1Cc1ccccc1. The molecule has 3 rings (SSSR count). The van der Waals surface area contributed by atoms with Crippen molar-refractivity contribution in [2.45, 2.75) is 122 Å². The van der Waals surface area contributed by atoms with Gasteiger partial charge in [-0.1, -0.05) is 139 Å². The van der Waals surface area contributed by atoms with Crippen LogP contribution in [0.2, 0.25) is 0 Å². The van der Waals surface area contributed by atoms with Crippen LogP contribution in [0.5, 0.6) is 0 Å². The number of nitrogens with one attached hydrogen (secondary N) is 1. The van der Waals surface area contributed by atoms with E-state index in [0.717, 1.165) is 6.54 Å². The molecule has 182 valence electrons. The molecule has 0 radical (unpaired) electrons. The molecular formula is C31H48N2. The summed E-state index contributed by atoms with van der Waals surface area (Å²) in [6.45, 7) is 3.28. The van der Waals surface area contributed by atoms with Gasteiger partial charge in [-0.3, -0.25) is 0 Å². The number of nitrogens with zero attached hydrogens (tertiary/aromatic N) is 1. The van der Waals surface area contributed by atoms with Crippen LogP contribution in [0.1, 0.15) is 115 Å². The zero-order chi connectivity index (χ0) is 23.0. The van der Waals surface area contributed by atoms with E-state index < -0.39 is 0 Å². The van der Waals surface area contributed by atoms with Crippen LogP contribution in [0, 0.1) is 0 Å². The smallest absolute Gasteiger partial charge is 0.0994 e. The second-order valence-electron chi connectivity index (χ2n) is 10.0.